The van der Waals surface area contributed by atoms with E-state index in [1.165, 1.54) is 12.0 Å². The molecular formula is C27H26N2O5. The molecule has 2 aromatic carbocycles. The molecule has 0 spiro atoms. The number of nitrogens with zero attached hydrogens (tertiary/aromatic N) is 2. The maximum Gasteiger partial charge on any atom is 0.295 e. The lowest BCUT2D eigenvalue weighted by Gasteiger charge is -2.26. The number of aryl methyl sites for hydroxylation is 2. The topological polar surface area (TPSA) is 89.0 Å². The maximum atomic E-state index is 13.3. The summed E-state index contributed by atoms with van der Waals surface area (Å²) in [5.41, 5.74) is 3.41. The molecule has 1 aliphatic rings. The molecule has 7 heteroatoms. The summed E-state index contributed by atoms with van der Waals surface area (Å²) in [7, 11) is 3.06. The third-order valence-corrected chi connectivity index (χ3v) is 5.95. The number of aliphatic hydroxyl groups excluding tert-OH is 1. The van der Waals surface area contributed by atoms with Crippen molar-refractivity contribution in [1.29, 1.82) is 0 Å². The second-order valence-electron chi connectivity index (χ2n) is 8.19. The van der Waals surface area contributed by atoms with E-state index in [0.29, 0.717) is 22.6 Å². The van der Waals surface area contributed by atoms with E-state index < -0.39 is 17.7 Å². The van der Waals surface area contributed by atoms with Crippen LogP contribution in [0.15, 0.2) is 66.5 Å². The summed E-state index contributed by atoms with van der Waals surface area (Å²) >= 11 is 0. The molecule has 1 saturated heterocycles. The van der Waals surface area contributed by atoms with E-state index in [0.717, 1.165) is 16.7 Å². The van der Waals surface area contributed by atoms with Crippen LogP contribution < -0.4 is 9.47 Å². The number of Topliss-reactive ketones (excluding diaryl/α,β-unsaturated/α-hetero) is 1. The second-order valence-corrected chi connectivity index (χ2v) is 8.19. The first kappa shape index (κ1) is 23.0. The number of aromatic nitrogens is 1. The zero-order valence-electron chi connectivity index (χ0n) is 19.5. The van der Waals surface area contributed by atoms with Crippen LogP contribution in [0.5, 0.6) is 11.5 Å². The molecule has 174 valence electrons. The van der Waals surface area contributed by atoms with Crippen LogP contribution in [0.1, 0.15) is 33.9 Å². The van der Waals surface area contributed by atoms with Crippen LogP contribution in [0, 0.1) is 13.8 Å². The number of benzene rings is 2. The normalized spacial score (nSPS) is 17.2. The summed E-state index contributed by atoms with van der Waals surface area (Å²) in [4.78, 5) is 32.2. The summed E-state index contributed by atoms with van der Waals surface area (Å²) in [6.07, 6.45) is 3.21. The van der Waals surface area contributed by atoms with E-state index in [9.17, 15) is 14.7 Å². The molecule has 1 N–H and O–H groups in total. The van der Waals surface area contributed by atoms with Gasteiger partial charge in [0.05, 0.1) is 37.9 Å². The molecule has 0 aliphatic carbocycles. The number of hydrogen-bond acceptors (Lipinski definition) is 6. The minimum absolute atomic E-state index is 0.00352. The van der Waals surface area contributed by atoms with Crippen molar-refractivity contribution in [3.63, 3.8) is 0 Å². The van der Waals surface area contributed by atoms with Gasteiger partial charge in [-0.2, -0.15) is 0 Å². The Balaban J connectivity index is 1.92. The van der Waals surface area contributed by atoms with Gasteiger partial charge in [0.15, 0.2) is 0 Å². The average molecular weight is 459 g/mol. The molecule has 1 amide bonds. The molecule has 0 radical (unpaired) electrons. The standard InChI is InChI=1S/C27H26N2O5/c1-16-12-17(2)26(34-4)20(13-16)24(30)22-23(18-9-7-11-28-14-18)29(27(32)25(22)31)15-19-8-5-6-10-21(19)33-3/h5-14,23,30H,15H2,1-4H3/b24-22+. The number of pyridine rings is 1. The Morgan fingerprint density at radius 2 is 1.82 bits per heavy atom. The Morgan fingerprint density at radius 3 is 2.50 bits per heavy atom. The predicted octanol–water partition coefficient (Wildman–Crippen LogP) is 4.34. The number of methoxy groups -OCH3 is 2. The summed E-state index contributed by atoms with van der Waals surface area (Å²) in [6.45, 7) is 3.87. The van der Waals surface area contributed by atoms with Crippen LogP contribution in [0.4, 0.5) is 0 Å². The van der Waals surface area contributed by atoms with Gasteiger partial charge in [-0.3, -0.25) is 14.6 Å². The van der Waals surface area contributed by atoms with E-state index in [4.69, 9.17) is 9.47 Å². The fraction of sp³-hybridized carbons (Fsp3) is 0.222. The largest absolute Gasteiger partial charge is 0.507 e. The van der Waals surface area contributed by atoms with Crippen molar-refractivity contribution in [2.45, 2.75) is 26.4 Å². The molecule has 0 bridgehead atoms. The van der Waals surface area contributed by atoms with Crippen molar-refractivity contribution in [1.82, 2.24) is 9.88 Å². The van der Waals surface area contributed by atoms with E-state index in [1.807, 2.05) is 38.1 Å². The third kappa shape index (κ3) is 4.01. The molecule has 1 atom stereocenters. The quantitative estimate of drug-likeness (QED) is 0.336. The first-order valence-corrected chi connectivity index (χ1v) is 10.8. The fourth-order valence-corrected chi connectivity index (χ4v) is 4.49. The Morgan fingerprint density at radius 1 is 1.06 bits per heavy atom. The van der Waals surface area contributed by atoms with Crippen LogP contribution in [-0.4, -0.2) is 40.9 Å². The smallest absolute Gasteiger partial charge is 0.295 e. The van der Waals surface area contributed by atoms with Gasteiger partial charge in [-0.1, -0.05) is 30.3 Å². The number of likely N-dealkylation sites (tertiary alicyclic amines) is 1. The lowest BCUT2D eigenvalue weighted by molar-refractivity contribution is -0.140. The number of hydrogen-bond donors (Lipinski definition) is 1. The highest BCUT2D eigenvalue weighted by molar-refractivity contribution is 6.46. The molecule has 1 aromatic heterocycles. The van der Waals surface area contributed by atoms with E-state index >= 15 is 0 Å². The monoisotopic (exact) mass is 458 g/mol. The Kier molecular flexibility index (Phi) is 6.36. The summed E-state index contributed by atoms with van der Waals surface area (Å²) < 4.78 is 11.0. The molecule has 1 unspecified atom stereocenters. The molecule has 1 fully saturated rings. The van der Waals surface area contributed by atoms with E-state index in [-0.39, 0.29) is 17.9 Å². The highest BCUT2D eigenvalue weighted by Gasteiger charge is 2.46. The van der Waals surface area contributed by atoms with Crippen LogP contribution in [0.25, 0.3) is 5.76 Å². The van der Waals surface area contributed by atoms with Crippen molar-refractivity contribution in [3.8, 4) is 11.5 Å². The van der Waals surface area contributed by atoms with Crippen molar-refractivity contribution >= 4 is 17.4 Å². The maximum absolute atomic E-state index is 13.3. The van der Waals surface area contributed by atoms with Crippen molar-refractivity contribution in [2.75, 3.05) is 14.2 Å². The first-order chi connectivity index (χ1) is 16.4. The van der Waals surface area contributed by atoms with Gasteiger partial charge in [-0.25, -0.2) is 0 Å². The number of carbonyl (C=O) groups is 2. The highest BCUT2D eigenvalue weighted by atomic mass is 16.5. The van der Waals surface area contributed by atoms with Crippen molar-refractivity contribution in [2.24, 2.45) is 0 Å². The number of para-hydroxylation sites is 1. The number of ether oxygens (including phenoxy) is 2. The Bertz CT molecular complexity index is 1280. The van der Waals surface area contributed by atoms with Crippen LogP contribution in [-0.2, 0) is 16.1 Å². The zero-order valence-corrected chi connectivity index (χ0v) is 19.5. The van der Waals surface area contributed by atoms with Crippen molar-refractivity contribution < 1.29 is 24.2 Å². The van der Waals surface area contributed by atoms with Crippen LogP contribution in [0.3, 0.4) is 0 Å². The van der Waals surface area contributed by atoms with Gasteiger partial charge in [-0.15, -0.1) is 0 Å². The van der Waals surface area contributed by atoms with Crippen LogP contribution >= 0.6 is 0 Å². The minimum Gasteiger partial charge on any atom is -0.507 e. The second kappa shape index (κ2) is 9.39. The molecule has 2 heterocycles. The number of carbonyl (C=O) groups excluding carboxylic acids is 2. The van der Waals surface area contributed by atoms with Crippen molar-refractivity contribution in [3.05, 3.63) is 94.3 Å². The third-order valence-electron chi connectivity index (χ3n) is 5.95. The van der Waals surface area contributed by atoms with Gasteiger partial charge < -0.3 is 19.5 Å². The number of amides is 1. The Hall–Kier alpha value is -4.13. The number of aliphatic hydroxyl groups is 1. The molecule has 4 rings (SSSR count). The van der Waals surface area contributed by atoms with Gasteiger partial charge >= 0.3 is 0 Å². The van der Waals surface area contributed by atoms with Gasteiger partial charge in [0.2, 0.25) is 0 Å². The van der Waals surface area contributed by atoms with Gasteiger partial charge in [0.1, 0.15) is 17.3 Å². The van der Waals surface area contributed by atoms with Crippen LogP contribution in [0.2, 0.25) is 0 Å². The molecule has 1 aliphatic heterocycles. The SMILES string of the molecule is COc1ccccc1CN1C(=O)C(=O)/C(=C(/O)c2cc(C)cc(C)c2OC)C1c1cccnc1. The zero-order chi connectivity index (χ0) is 24.4. The number of rotatable bonds is 6. The molecule has 7 nitrogen and oxygen atoms in total. The summed E-state index contributed by atoms with van der Waals surface area (Å²) in [5.74, 6) is -0.695. The summed E-state index contributed by atoms with van der Waals surface area (Å²) in [6, 6.07) is 13.7. The van der Waals surface area contributed by atoms with Gasteiger partial charge in [0.25, 0.3) is 11.7 Å². The molecule has 0 saturated carbocycles. The summed E-state index contributed by atoms with van der Waals surface area (Å²) in [5, 5.41) is 11.4. The Labute approximate surface area is 198 Å². The van der Waals surface area contributed by atoms with Gasteiger partial charge in [0, 0.05) is 18.0 Å². The average Bonchev–Trinajstić information content (AvgIpc) is 3.09. The fourth-order valence-electron chi connectivity index (χ4n) is 4.49. The lowest BCUT2D eigenvalue weighted by atomic mass is 9.94. The molecular weight excluding hydrogens is 432 g/mol. The lowest BCUT2D eigenvalue weighted by Crippen LogP contribution is -2.29. The first-order valence-electron chi connectivity index (χ1n) is 10.8. The minimum atomic E-state index is -0.830. The molecule has 34 heavy (non-hydrogen) atoms. The van der Waals surface area contributed by atoms with E-state index in [1.54, 1.807) is 43.8 Å². The molecule has 3 aromatic rings. The number of ketones is 1. The predicted molar refractivity (Wildman–Crippen MR) is 128 cm³/mol. The highest BCUT2D eigenvalue weighted by Crippen LogP contribution is 2.42. The van der Waals surface area contributed by atoms with E-state index in [2.05, 4.69) is 4.98 Å². The van der Waals surface area contributed by atoms with Gasteiger partial charge in [-0.05, 0) is 48.7 Å².